The van der Waals surface area contributed by atoms with E-state index in [0.29, 0.717) is 12.0 Å². The standard InChI is InChI=1S/C22H35N3O/c1-5-6-13-24-14-11-19(12-15-24)16-26-22-23-20-9-7-18(4)8-10-21(20)25(22)17(2)3/h7,9-10,17,19H,5-6,8,11-16H2,1-4H3. The number of likely N-dealkylation sites (tertiary alicyclic amines) is 1. The lowest BCUT2D eigenvalue weighted by Crippen LogP contribution is -2.36. The number of aromatic nitrogens is 2. The zero-order valence-corrected chi connectivity index (χ0v) is 17.0. The summed E-state index contributed by atoms with van der Waals surface area (Å²) in [6, 6.07) is 1.14. The zero-order valence-electron chi connectivity index (χ0n) is 17.0. The van der Waals surface area contributed by atoms with E-state index in [-0.39, 0.29) is 0 Å². The van der Waals surface area contributed by atoms with Crippen LogP contribution in [0.5, 0.6) is 6.01 Å². The van der Waals surface area contributed by atoms with E-state index in [1.807, 2.05) is 0 Å². The number of fused-ring (bicyclic) bond motifs is 1. The Labute approximate surface area is 158 Å². The molecule has 3 rings (SSSR count). The van der Waals surface area contributed by atoms with Crippen molar-refractivity contribution >= 4 is 12.2 Å². The molecule has 2 heterocycles. The smallest absolute Gasteiger partial charge is 0.297 e. The molecule has 1 aromatic heterocycles. The second kappa shape index (κ2) is 8.90. The summed E-state index contributed by atoms with van der Waals surface area (Å²) in [7, 11) is 0. The molecule has 1 fully saturated rings. The maximum Gasteiger partial charge on any atom is 0.297 e. The van der Waals surface area contributed by atoms with E-state index in [0.717, 1.165) is 24.4 Å². The first-order valence-corrected chi connectivity index (χ1v) is 10.4. The number of imidazole rings is 1. The number of unbranched alkanes of at least 4 members (excludes halogenated alkanes) is 1. The van der Waals surface area contributed by atoms with Crippen molar-refractivity contribution in [2.45, 2.75) is 65.8 Å². The predicted octanol–water partition coefficient (Wildman–Crippen LogP) is 3.27. The van der Waals surface area contributed by atoms with Gasteiger partial charge in [0.2, 0.25) is 0 Å². The molecule has 0 amide bonds. The molecule has 1 saturated heterocycles. The van der Waals surface area contributed by atoms with Gasteiger partial charge in [0.15, 0.2) is 0 Å². The van der Waals surface area contributed by atoms with Crippen molar-refractivity contribution in [3.05, 3.63) is 22.3 Å². The molecule has 4 heteroatoms. The van der Waals surface area contributed by atoms with E-state index in [1.54, 1.807) is 0 Å². The van der Waals surface area contributed by atoms with Crippen LogP contribution in [0, 0.1) is 5.92 Å². The third-order valence-electron chi connectivity index (χ3n) is 5.59. The average molecular weight is 358 g/mol. The fraction of sp³-hybridized carbons (Fsp3) is 0.682. The maximum atomic E-state index is 6.25. The molecule has 0 bridgehead atoms. The summed E-state index contributed by atoms with van der Waals surface area (Å²) in [5.74, 6) is 0.653. The maximum absolute atomic E-state index is 6.25. The number of allylic oxidation sites excluding steroid dienone is 2. The summed E-state index contributed by atoms with van der Waals surface area (Å²) in [5.41, 5.74) is 1.37. The molecule has 26 heavy (non-hydrogen) atoms. The van der Waals surface area contributed by atoms with E-state index in [9.17, 15) is 0 Å². The van der Waals surface area contributed by atoms with Crippen LogP contribution in [0.15, 0.2) is 11.6 Å². The largest absolute Gasteiger partial charge is 0.464 e. The molecule has 0 radical (unpaired) electrons. The topological polar surface area (TPSA) is 30.3 Å². The highest BCUT2D eigenvalue weighted by Crippen LogP contribution is 2.19. The molecule has 0 saturated carbocycles. The summed E-state index contributed by atoms with van der Waals surface area (Å²) in [6.45, 7) is 13.3. The third-order valence-corrected chi connectivity index (χ3v) is 5.59. The minimum Gasteiger partial charge on any atom is -0.464 e. The molecule has 1 aliphatic carbocycles. The van der Waals surface area contributed by atoms with Gasteiger partial charge in [-0.3, -0.25) is 4.57 Å². The Kier molecular flexibility index (Phi) is 6.58. The van der Waals surface area contributed by atoms with Crippen LogP contribution >= 0.6 is 0 Å². The second-order valence-electron chi connectivity index (χ2n) is 8.17. The van der Waals surface area contributed by atoms with E-state index in [4.69, 9.17) is 9.72 Å². The molecule has 2 aliphatic rings. The SMILES string of the molecule is CCCCN1CCC(COc2nc3c(n2C(C)C)=CCC(C)=CC=3)CC1. The van der Waals surface area contributed by atoms with Crippen molar-refractivity contribution in [3.8, 4) is 6.01 Å². The van der Waals surface area contributed by atoms with Gasteiger partial charge >= 0.3 is 0 Å². The third kappa shape index (κ3) is 4.59. The Bertz CT molecular complexity index is 736. The van der Waals surface area contributed by atoms with Gasteiger partial charge in [0, 0.05) is 6.04 Å². The molecule has 0 atom stereocenters. The van der Waals surface area contributed by atoms with Gasteiger partial charge in [0.1, 0.15) is 0 Å². The number of hydrogen-bond acceptors (Lipinski definition) is 3. The fourth-order valence-corrected chi connectivity index (χ4v) is 3.86. The summed E-state index contributed by atoms with van der Waals surface area (Å²) < 4.78 is 8.51. The van der Waals surface area contributed by atoms with Gasteiger partial charge in [-0.2, -0.15) is 4.98 Å². The first kappa shape index (κ1) is 19.2. The van der Waals surface area contributed by atoms with E-state index < -0.39 is 0 Å². The van der Waals surface area contributed by atoms with E-state index in [1.165, 1.54) is 56.2 Å². The van der Waals surface area contributed by atoms with Crippen molar-refractivity contribution in [2.24, 2.45) is 5.92 Å². The molecular formula is C22H35N3O. The highest BCUT2D eigenvalue weighted by molar-refractivity contribution is 5.45. The lowest BCUT2D eigenvalue weighted by atomic mass is 9.98. The fourth-order valence-electron chi connectivity index (χ4n) is 3.86. The Morgan fingerprint density at radius 3 is 2.69 bits per heavy atom. The predicted molar refractivity (Wildman–Crippen MR) is 109 cm³/mol. The second-order valence-corrected chi connectivity index (χ2v) is 8.17. The lowest BCUT2D eigenvalue weighted by Gasteiger charge is -2.31. The van der Waals surface area contributed by atoms with E-state index in [2.05, 4.69) is 55.4 Å². The van der Waals surface area contributed by atoms with Gasteiger partial charge in [-0.1, -0.05) is 31.1 Å². The quantitative estimate of drug-likeness (QED) is 0.750. The molecule has 0 N–H and O–H groups in total. The summed E-state index contributed by atoms with van der Waals surface area (Å²) in [6.07, 6.45) is 12.7. The van der Waals surface area contributed by atoms with Crippen LogP contribution in [0.3, 0.4) is 0 Å². The van der Waals surface area contributed by atoms with Crippen molar-refractivity contribution in [3.63, 3.8) is 0 Å². The Morgan fingerprint density at radius 1 is 1.23 bits per heavy atom. The molecule has 0 spiro atoms. The number of ether oxygens (including phenoxy) is 1. The van der Waals surface area contributed by atoms with Gasteiger partial charge in [-0.15, -0.1) is 0 Å². The zero-order chi connectivity index (χ0) is 18.5. The number of piperidine rings is 1. The molecular weight excluding hydrogens is 322 g/mol. The first-order valence-electron chi connectivity index (χ1n) is 10.4. The van der Waals surface area contributed by atoms with Crippen molar-refractivity contribution in [1.82, 2.24) is 14.5 Å². The summed E-state index contributed by atoms with van der Waals surface area (Å²) in [4.78, 5) is 7.41. The summed E-state index contributed by atoms with van der Waals surface area (Å²) >= 11 is 0. The number of hydrogen-bond donors (Lipinski definition) is 0. The molecule has 0 aromatic carbocycles. The van der Waals surface area contributed by atoms with Crippen molar-refractivity contribution in [2.75, 3.05) is 26.2 Å². The average Bonchev–Trinajstić information content (AvgIpc) is 2.90. The molecule has 1 aromatic rings. The summed E-state index contributed by atoms with van der Waals surface area (Å²) in [5, 5.41) is 2.25. The molecule has 0 unspecified atom stereocenters. The van der Waals surface area contributed by atoms with Gasteiger partial charge in [0.05, 0.1) is 17.3 Å². The Balaban J connectivity index is 1.65. The van der Waals surface area contributed by atoms with Gasteiger partial charge in [0.25, 0.3) is 6.01 Å². The van der Waals surface area contributed by atoms with Crippen LogP contribution in [0.1, 0.15) is 65.8 Å². The molecule has 1 aliphatic heterocycles. The molecule has 144 valence electrons. The Morgan fingerprint density at radius 2 is 2.00 bits per heavy atom. The van der Waals surface area contributed by atoms with E-state index >= 15 is 0 Å². The minimum absolute atomic E-state index is 0.347. The van der Waals surface area contributed by atoms with Crippen LogP contribution in [-0.2, 0) is 0 Å². The number of nitrogens with zero attached hydrogens (tertiary/aromatic N) is 3. The highest BCUT2D eigenvalue weighted by Gasteiger charge is 2.21. The van der Waals surface area contributed by atoms with Gasteiger partial charge in [-0.25, -0.2) is 0 Å². The van der Waals surface area contributed by atoms with Gasteiger partial charge < -0.3 is 9.64 Å². The first-order chi connectivity index (χ1) is 12.6. The Hall–Kier alpha value is -1.55. The normalized spacial score (nSPS) is 18.7. The number of rotatable bonds is 7. The highest BCUT2D eigenvalue weighted by atomic mass is 16.5. The van der Waals surface area contributed by atoms with Crippen LogP contribution in [0.4, 0.5) is 0 Å². The lowest BCUT2D eigenvalue weighted by molar-refractivity contribution is 0.132. The monoisotopic (exact) mass is 357 g/mol. The molecule has 4 nitrogen and oxygen atoms in total. The van der Waals surface area contributed by atoms with Crippen LogP contribution in [-0.4, -0.2) is 40.7 Å². The van der Waals surface area contributed by atoms with Crippen LogP contribution < -0.4 is 15.4 Å². The van der Waals surface area contributed by atoms with Crippen molar-refractivity contribution in [1.29, 1.82) is 0 Å². The van der Waals surface area contributed by atoms with Gasteiger partial charge in [-0.05, 0) is 78.1 Å². The van der Waals surface area contributed by atoms with Crippen LogP contribution in [0.2, 0.25) is 0 Å². The van der Waals surface area contributed by atoms with Crippen LogP contribution in [0.25, 0.3) is 12.2 Å². The van der Waals surface area contributed by atoms with Crippen molar-refractivity contribution < 1.29 is 4.74 Å². The minimum atomic E-state index is 0.347.